The number of halogens is 4. The van der Waals surface area contributed by atoms with E-state index in [9.17, 15) is 22.4 Å². The van der Waals surface area contributed by atoms with Gasteiger partial charge in [0.1, 0.15) is 18.1 Å². The molecule has 0 unspecified atom stereocenters. The first-order chi connectivity index (χ1) is 12.4. The fourth-order valence-corrected chi connectivity index (χ4v) is 2.56. The molecule has 0 radical (unpaired) electrons. The fourth-order valence-electron chi connectivity index (χ4n) is 2.56. The molecule has 3 aromatic rings. The Kier molecular flexibility index (Phi) is 4.83. The van der Waals surface area contributed by atoms with Crippen LogP contribution in [-0.2, 0) is 11.3 Å². The summed E-state index contributed by atoms with van der Waals surface area (Å²) in [5.41, 5.74) is -1.39. The van der Waals surface area contributed by atoms with Crippen LogP contribution in [0.2, 0.25) is 0 Å². The van der Waals surface area contributed by atoms with Gasteiger partial charge in [0.2, 0.25) is 5.91 Å². The van der Waals surface area contributed by atoms with Crippen molar-refractivity contribution >= 4 is 22.8 Å². The number of amides is 1. The zero-order chi connectivity index (χ0) is 18.8. The van der Waals surface area contributed by atoms with Gasteiger partial charge in [-0.1, -0.05) is 6.07 Å². The van der Waals surface area contributed by atoms with Crippen LogP contribution >= 0.6 is 0 Å². The molecule has 6 nitrogen and oxygen atoms in total. The first kappa shape index (κ1) is 17.8. The van der Waals surface area contributed by atoms with Crippen LogP contribution in [-0.4, -0.2) is 25.7 Å². The highest BCUT2D eigenvalue weighted by Gasteiger charge is 2.23. The normalized spacial score (nSPS) is 11.5. The van der Waals surface area contributed by atoms with E-state index in [-0.39, 0.29) is 23.3 Å². The highest BCUT2D eigenvalue weighted by Crippen LogP contribution is 2.32. The van der Waals surface area contributed by atoms with Gasteiger partial charge in [-0.05, 0) is 25.1 Å². The average molecular weight is 367 g/mol. The molecule has 0 aliphatic rings. The molecule has 26 heavy (non-hydrogen) atoms. The van der Waals surface area contributed by atoms with Crippen LogP contribution in [0.25, 0.3) is 11.0 Å². The SMILES string of the molecule is Cc1nn(CC(=O)Nc2ccccn2)c2nc(C(F)F)cc(C(F)F)c12. The van der Waals surface area contributed by atoms with Crippen molar-refractivity contribution < 1.29 is 22.4 Å². The van der Waals surface area contributed by atoms with E-state index in [1.807, 2.05) is 0 Å². The number of aryl methyl sites for hydroxylation is 1. The molecule has 0 aliphatic heterocycles. The van der Waals surface area contributed by atoms with Gasteiger partial charge in [0.05, 0.1) is 11.1 Å². The van der Waals surface area contributed by atoms with Crippen LogP contribution in [0.1, 0.15) is 29.8 Å². The van der Waals surface area contributed by atoms with Gasteiger partial charge in [0, 0.05) is 11.8 Å². The van der Waals surface area contributed by atoms with Gasteiger partial charge in [0.15, 0.2) is 5.65 Å². The summed E-state index contributed by atoms with van der Waals surface area (Å²) in [7, 11) is 0. The quantitative estimate of drug-likeness (QED) is 0.699. The molecule has 10 heteroatoms. The predicted octanol–water partition coefficient (Wildman–Crippen LogP) is 3.65. The van der Waals surface area contributed by atoms with E-state index >= 15 is 0 Å². The third-order valence-electron chi connectivity index (χ3n) is 3.61. The second kappa shape index (κ2) is 7.06. The molecular formula is C16H13F4N5O. The second-order valence-electron chi connectivity index (χ2n) is 5.44. The molecule has 0 saturated heterocycles. The van der Waals surface area contributed by atoms with Crippen LogP contribution in [0.5, 0.6) is 0 Å². The van der Waals surface area contributed by atoms with Crippen molar-refractivity contribution in [3.8, 4) is 0 Å². The molecule has 1 N–H and O–H groups in total. The van der Waals surface area contributed by atoms with Crippen LogP contribution in [0, 0.1) is 6.92 Å². The zero-order valence-electron chi connectivity index (χ0n) is 13.5. The minimum Gasteiger partial charge on any atom is -0.309 e. The molecule has 0 saturated carbocycles. The number of nitrogens with zero attached hydrogens (tertiary/aromatic N) is 4. The van der Waals surface area contributed by atoms with Crippen molar-refractivity contribution in [2.24, 2.45) is 0 Å². The van der Waals surface area contributed by atoms with Crippen LogP contribution in [0.15, 0.2) is 30.5 Å². The molecule has 0 bridgehead atoms. The van der Waals surface area contributed by atoms with Gasteiger partial charge in [-0.2, -0.15) is 5.10 Å². The molecule has 0 spiro atoms. The number of fused-ring (bicyclic) bond motifs is 1. The lowest BCUT2D eigenvalue weighted by atomic mass is 10.1. The zero-order valence-corrected chi connectivity index (χ0v) is 13.5. The van der Waals surface area contributed by atoms with Gasteiger partial charge in [-0.15, -0.1) is 0 Å². The number of carbonyl (C=O) groups is 1. The van der Waals surface area contributed by atoms with E-state index < -0.39 is 30.0 Å². The molecule has 1 amide bonds. The third kappa shape index (κ3) is 3.48. The van der Waals surface area contributed by atoms with Crippen molar-refractivity contribution in [1.82, 2.24) is 19.7 Å². The lowest BCUT2D eigenvalue weighted by Crippen LogP contribution is -2.20. The van der Waals surface area contributed by atoms with Gasteiger partial charge < -0.3 is 5.32 Å². The van der Waals surface area contributed by atoms with Crippen molar-refractivity contribution in [1.29, 1.82) is 0 Å². The van der Waals surface area contributed by atoms with E-state index in [2.05, 4.69) is 20.4 Å². The largest absolute Gasteiger partial charge is 0.309 e. The summed E-state index contributed by atoms with van der Waals surface area (Å²) in [5.74, 6) is -0.254. The molecule has 3 rings (SSSR count). The van der Waals surface area contributed by atoms with Crippen molar-refractivity contribution in [2.45, 2.75) is 26.3 Å². The smallest absolute Gasteiger partial charge is 0.280 e. The number of hydrogen-bond acceptors (Lipinski definition) is 4. The van der Waals surface area contributed by atoms with Gasteiger partial charge in [0.25, 0.3) is 12.9 Å². The maximum atomic E-state index is 13.3. The Hall–Kier alpha value is -3.04. The van der Waals surface area contributed by atoms with Gasteiger partial charge in [-0.3, -0.25) is 4.79 Å². The molecule has 3 heterocycles. The topological polar surface area (TPSA) is 72.7 Å². The van der Waals surface area contributed by atoms with E-state index in [1.165, 1.54) is 13.1 Å². The highest BCUT2D eigenvalue weighted by atomic mass is 19.3. The summed E-state index contributed by atoms with van der Waals surface area (Å²) in [6, 6.07) is 5.57. The third-order valence-corrected chi connectivity index (χ3v) is 3.61. The van der Waals surface area contributed by atoms with E-state index in [0.717, 1.165) is 4.68 Å². The minimum absolute atomic E-state index is 0.0324. The van der Waals surface area contributed by atoms with Crippen LogP contribution in [0.3, 0.4) is 0 Å². The Labute approximate surface area is 144 Å². The molecule has 0 aliphatic carbocycles. The second-order valence-corrected chi connectivity index (χ2v) is 5.44. The summed E-state index contributed by atoms with van der Waals surface area (Å²) < 4.78 is 53.6. The number of alkyl halides is 4. The summed E-state index contributed by atoms with van der Waals surface area (Å²) in [6.45, 7) is 1.06. The molecule has 0 aromatic carbocycles. The van der Waals surface area contributed by atoms with E-state index in [0.29, 0.717) is 11.9 Å². The summed E-state index contributed by atoms with van der Waals surface area (Å²) in [6.07, 6.45) is -4.52. The molecule has 0 fully saturated rings. The molecule has 3 aromatic heterocycles. The van der Waals surface area contributed by atoms with Crippen molar-refractivity contribution in [3.05, 3.63) is 47.4 Å². The summed E-state index contributed by atoms with van der Waals surface area (Å²) in [4.78, 5) is 19.8. The number of aromatic nitrogens is 4. The Balaban J connectivity index is 1.99. The molecule has 0 atom stereocenters. The van der Waals surface area contributed by atoms with Crippen LogP contribution < -0.4 is 5.32 Å². The van der Waals surface area contributed by atoms with Crippen molar-refractivity contribution in [3.63, 3.8) is 0 Å². The maximum Gasteiger partial charge on any atom is 0.280 e. The fraction of sp³-hybridized carbons (Fsp3) is 0.250. The number of carbonyl (C=O) groups excluding carboxylic acids is 1. The highest BCUT2D eigenvalue weighted by molar-refractivity contribution is 5.91. The van der Waals surface area contributed by atoms with Crippen molar-refractivity contribution in [2.75, 3.05) is 5.32 Å². The number of anilines is 1. The molecule has 136 valence electrons. The Morgan fingerprint density at radius 3 is 2.62 bits per heavy atom. The Bertz CT molecular complexity index is 943. The molecular weight excluding hydrogens is 354 g/mol. The Morgan fingerprint density at radius 2 is 2.00 bits per heavy atom. The number of rotatable bonds is 5. The average Bonchev–Trinajstić information content (AvgIpc) is 2.90. The lowest BCUT2D eigenvalue weighted by Gasteiger charge is -2.08. The van der Waals surface area contributed by atoms with Gasteiger partial charge in [-0.25, -0.2) is 32.2 Å². The van der Waals surface area contributed by atoms with E-state index in [4.69, 9.17) is 0 Å². The first-order valence-electron chi connectivity index (χ1n) is 7.52. The van der Waals surface area contributed by atoms with Crippen LogP contribution in [0.4, 0.5) is 23.4 Å². The number of nitrogens with one attached hydrogen (secondary N) is 1. The Morgan fingerprint density at radius 1 is 1.23 bits per heavy atom. The lowest BCUT2D eigenvalue weighted by molar-refractivity contribution is -0.116. The van der Waals surface area contributed by atoms with Gasteiger partial charge >= 0.3 is 0 Å². The standard InChI is InChI=1S/C16H13F4N5O/c1-8-13-9(14(17)18)6-10(15(19)20)22-16(13)25(24-8)7-12(26)23-11-4-2-3-5-21-11/h2-6,14-15H,7H2,1H3,(H,21,23,26). The minimum atomic E-state index is -3.03. The van der Waals surface area contributed by atoms with E-state index in [1.54, 1.807) is 18.2 Å². The summed E-state index contributed by atoms with van der Waals surface area (Å²) in [5, 5.41) is 6.48. The monoisotopic (exact) mass is 367 g/mol. The predicted molar refractivity (Wildman–Crippen MR) is 85.0 cm³/mol. The first-order valence-corrected chi connectivity index (χ1v) is 7.52. The number of pyridine rings is 2. The summed E-state index contributed by atoms with van der Waals surface area (Å²) >= 11 is 0. The number of hydrogen-bond donors (Lipinski definition) is 1. The maximum absolute atomic E-state index is 13.3.